The Kier molecular flexibility index (Phi) is 10.5. The molecular formula is C30H34FN3O7S. The molecule has 10 nitrogen and oxygen atoms in total. The van der Waals surface area contributed by atoms with Crippen molar-refractivity contribution in [2.75, 3.05) is 40.0 Å². The number of hydrogen-bond donors (Lipinski definition) is 1. The summed E-state index contributed by atoms with van der Waals surface area (Å²) in [4.78, 5) is 27.9. The molecule has 0 saturated carbocycles. The van der Waals surface area contributed by atoms with Crippen molar-refractivity contribution >= 4 is 21.8 Å². The van der Waals surface area contributed by atoms with E-state index in [1.807, 2.05) is 18.2 Å². The molecule has 0 aromatic heterocycles. The van der Waals surface area contributed by atoms with Gasteiger partial charge in [-0.25, -0.2) is 12.8 Å². The molecule has 1 saturated heterocycles. The predicted molar refractivity (Wildman–Crippen MR) is 153 cm³/mol. The Labute approximate surface area is 245 Å². The molecule has 0 bridgehead atoms. The maximum absolute atomic E-state index is 13.5. The number of halogens is 1. The lowest BCUT2D eigenvalue weighted by atomic mass is 10.1. The molecule has 3 aromatic rings. The molecule has 4 rings (SSSR count). The van der Waals surface area contributed by atoms with Crippen LogP contribution >= 0.6 is 0 Å². The van der Waals surface area contributed by atoms with Crippen LogP contribution in [0.1, 0.15) is 18.1 Å². The standard InChI is InChI=1S/C30H34FN3O7S/c1-22(30(36)32-19-24-5-3-4-6-28(24)39-2)34(20-23-7-9-25(31)10-8-23)29(35)21-41-26-11-13-27(14-12-26)42(37,38)33-15-17-40-18-16-33/h3-14,22H,15-21H2,1-2H3,(H,32,36). The summed E-state index contributed by atoms with van der Waals surface area (Å²) in [5.41, 5.74) is 1.41. The van der Waals surface area contributed by atoms with Gasteiger partial charge in [-0.2, -0.15) is 4.31 Å². The van der Waals surface area contributed by atoms with Gasteiger partial charge in [-0.3, -0.25) is 9.59 Å². The number of para-hydroxylation sites is 1. The molecule has 1 aliphatic heterocycles. The molecule has 1 unspecified atom stereocenters. The number of hydrogen-bond acceptors (Lipinski definition) is 7. The number of nitrogens with one attached hydrogen (secondary N) is 1. The van der Waals surface area contributed by atoms with E-state index in [1.165, 1.54) is 45.6 Å². The molecule has 2 amide bonds. The van der Waals surface area contributed by atoms with Gasteiger partial charge in [0.1, 0.15) is 23.4 Å². The number of nitrogens with zero attached hydrogens (tertiary/aromatic N) is 2. The van der Waals surface area contributed by atoms with Gasteiger partial charge in [0.2, 0.25) is 15.9 Å². The lowest BCUT2D eigenvalue weighted by molar-refractivity contribution is -0.142. The summed E-state index contributed by atoms with van der Waals surface area (Å²) in [6.45, 7) is 2.69. The Bertz CT molecular complexity index is 1460. The Morgan fingerprint density at radius 2 is 1.69 bits per heavy atom. The van der Waals surface area contributed by atoms with E-state index in [0.717, 1.165) is 5.56 Å². The van der Waals surface area contributed by atoms with Crippen LogP contribution in [-0.2, 0) is 37.4 Å². The zero-order chi connectivity index (χ0) is 30.1. The van der Waals surface area contributed by atoms with Crippen molar-refractivity contribution in [1.29, 1.82) is 0 Å². The Morgan fingerprint density at radius 3 is 2.36 bits per heavy atom. The molecule has 3 aromatic carbocycles. The van der Waals surface area contributed by atoms with Crippen LogP contribution in [-0.4, -0.2) is 75.5 Å². The SMILES string of the molecule is COc1ccccc1CNC(=O)C(C)N(Cc1ccc(F)cc1)C(=O)COc1ccc(S(=O)(=O)N2CCOCC2)cc1. The van der Waals surface area contributed by atoms with Crippen LogP contribution in [0.25, 0.3) is 0 Å². The summed E-state index contributed by atoms with van der Waals surface area (Å²) >= 11 is 0. The first-order chi connectivity index (χ1) is 20.2. The third kappa shape index (κ3) is 7.84. The van der Waals surface area contributed by atoms with Crippen molar-refractivity contribution in [3.05, 3.63) is 89.7 Å². The first-order valence-corrected chi connectivity index (χ1v) is 14.9. The number of carbonyl (C=O) groups is 2. The highest BCUT2D eigenvalue weighted by molar-refractivity contribution is 7.89. The van der Waals surface area contributed by atoms with E-state index in [2.05, 4.69) is 5.32 Å². The van der Waals surface area contributed by atoms with Crippen molar-refractivity contribution in [3.63, 3.8) is 0 Å². The summed E-state index contributed by atoms with van der Waals surface area (Å²) < 4.78 is 56.8. The van der Waals surface area contributed by atoms with E-state index < -0.39 is 40.3 Å². The summed E-state index contributed by atoms with van der Waals surface area (Å²) in [6.07, 6.45) is 0. The van der Waals surface area contributed by atoms with Gasteiger partial charge in [-0.1, -0.05) is 30.3 Å². The quantitative estimate of drug-likeness (QED) is 0.341. The van der Waals surface area contributed by atoms with Gasteiger partial charge in [-0.05, 0) is 55.0 Å². The fourth-order valence-corrected chi connectivity index (χ4v) is 5.83. The van der Waals surface area contributed by atoms with Crippen molar-refractivity contribution in [1.82, 2.24) is 14.5 Å². The Balaban J connectivity index is 1.43. The molecule has 1 atom stereocenters. The number of benzene rings is 3. The van der Waals surface area contributed by atoms with Crippen molar-refractivity contribution in [3.8, 4) is 11.5 Å². The van der Waals surface area contributed by atoms with Gasteiger partial charge < -0.3 is 24.4 Å². The van der Waals surface area contributed by atoms with Crippen LogP contribution in [0.15, 0.2) is 77.7 Å². The van der Waals surface area contributed by atoms with Gasteiger partial charge in [0.15, 0.2) is 6.61 Å². The molecule has 1 heterocycles. The van der Waals surface area contributed by atoms with Crippen LogP contribution in [0.4, 0.5) is 4.39 Å². The predicted octanol–water partition coefficient (Wildman–Crippen LogP) is 2.97. The van der Waals surface area contributed by atoms with Crippen LogP contribution in [0.2, 0.25) is 0 Å². The van der Waals surface area contributed by atoms with E-state index in [0.29, 0.717) is 30.3 Å². The maximum Gasteiger partial charge on any atom is 0.261 e. The van der Waals surface area contributed by atoms with Crippen LogP contribution in [0.5, 0.6) is 11.5 Å². The van der Waals surface area contributed by atoms with E-state index in [4.69, 9.17) is 14.2 Å². The molecule has 1 aliphatic rings. The second-order valence-corrected chi connectivity index (χ2v) is 11.6. The van der Waals surface area contributed by atoms with Gasteiger partial charge in [0.05, 0.1) is 25.2 Å². The van der Waals surface area contributed by atoms with Gasteiger partial charge >= 0.3 is 0 Å². The number of methoxy groups -OCH3 is 1. The summed E-state index contributed by atoms with van der Waals surface area (Å²) in [5.74, 6) is -0.374. The molecule has 0 spiro atoms. The highest BCUT2D eigenvalue weighted by Gasteiger charge is 2.28. The maximum atomic E-state index is 13.5. The summed E-state index contributed by atoms with van der Waals surface area (Å²) in [5, 5.41) is 2.84. The molecule has 42 heavy (non-hydrogen) atoms. The molecule has 1 fully saturated rings. The highest BCUT2D eigenvalue weighted by Crippen LogP contribution is 2.21. The van der Waals surface area contributed by atoms with Crippen LogP contribution < -0.4 is 14.8 Å². The molecule has 224 valence electrons. The third-order valence-electron chi connectivity index (χ3n) is 6.87. The largest absolute Gasteiger partial charge is 0.496 e. The smallest absolute Gasteiger partial charge is 0.261 e. The van der Waals surface area contributed by atoms with Crippen LogP contribution in [0, 0.1) is 5.82 Å². The van der Waals surface area contributed by atoms with E-state index in [9.17, 15) is 22.4 Å². The first kappa shape index (κ1) is 30.9. The second kappa shape index (κ2) is 14.3. The van der Waals surface area contributed by atoms with Crippen molar-refractivity contribution in [2.24, 2.45) is 0 Å². The zero-order valence-corrected chi connectivity index (χ0v) is 24.3. The molecule has 1 N–H and O–H groups in total. The lowest BCUT2D eigenvalue weighted by Crippen LogP contribution is -2.48. The minimum Gasteiger partial charge on any atom is -0.496 e. The number of amides is 2. The number of morpholine rings is 1. The number of rotatable bonds is 12. The molecule has 0 radical (unpaired) electrons. The third-order valence-corrected chi connectivity index (χ3v) is 8.79. The van der Waals surface area contributed by atoms with Gasteiger partial charge in [0, 0.05) is 31.7 Å². The number of ether oxygens (including phenoxy) is 3. The first-order valence-electron chi connectivity index (χ1n) is 13.4. The van der Waals surface area contributed by atoms with Gasteiger partial charge in [0.25, 0.3) is 5.91 Å². The van der Waals surface area contributed by atoms with Crippen molar-refractivity contribution < 1.29 is 36.6 Å². The fourth-order valence-electron chi connectivity index (χ4n) is 4.42. The number of sulfonamides is 1. The lowest BCUT2D eigenvalue weighted by Gasteiger charge is -2.29. The van der Waals surface area contributed by atoms with E-state index in [-0.39, 0.29) is 31.1 Å². The average Bonchev–Trinajstić information content (AvgIpc) is 3.02. The van der Waals surface area contributed by atoms with Crippen LogP contribution in [0.3, 0.4) is 0 Å². The second-order valence-electron chi connectivity index (χ2n) is 9.63. The van der Waals surface area contributed by atoms with Gasteiger partial charge in [-0.15, -0.1) is 0 Å². The normalized spacial score (nSPS) is 14.5. The van der Waals surface area contributed by atoms with E-state index in [1.54, 1.807) is 32.2 Å². The highest BCUT2D eigenvalue weighted by atomic mass is 32.2. The fraction of sp³-hybridized carbons (Fsp3) is 0.333. The molecule has 0 aliphatic carbocycles. The Morgan fingerprint density at radius 1 is 1.02 bits per heavy atom. The topological polar surface area (TPSA) is 114 Å². The average molecular weight is 600 g/mol. The molecular weight excluding hydrogens is 565 g/mol. The number of carbonyl (C=O) groups excluding carboxylic acids is 2. The summed E-state index contributed by atoms with van der Waals surface area (Å²) in [7, 11) is -2.12. The minimum absolute atomic E-state index is 0.0441. The van der Waals surface area contributed by atoms with Crippen molar-refractivity contribution in [2.45, 2.75) is 31.0 Å². The summed E-state index contributed by atoms with van der Waals surface area (Å²) in [6, 6.07) is 17.9. The van der Waals surface area contributed by atoms with E-state index >= 15 is 0 Å². The molecule has 12 heteroatoms. The Hall–Kier alpha value is -4.00. The minimum atomic E-state index is -3.67. The zero-order valence-electron chi connectivity index (χ0n) is 23.5. The monoisotopic (exact) mass is 599 g/mol.